The van der Waals surface area contributed by atoms with Gasteiger partial charge >= 0.3 is 6.18 Å². The summed E-state index contributed by atoms with van der Waals surface area (Å²) in [6.45, 7) is -0.0552. The SMILES string of the molecule is O=C(NCc1ccccc1C(F)(F)F)C1CC2CC2C1. The van der Waals surface area contributed by atoms with E-state index in [1.165, 1.54) is 18.6 Å². The minimum absolute atomic E-state index is 0.00296. The molecule has 0 bridgehead atoms. The van der Waals surface area contributed by atoms with Crippen LogP contribution in [-0.4, -0.2) is 5.91 Å². The van der Waals surface area contributed by atoms with Crippen molar-refractivity contribution in [1.29, 1.82) is 0 Å². The summed E-state index contributed by atoms with van der Waals surface area (Å²) in [7, 11) is 0. The molecule has 3 rings (SSSR count). The van der Waals surface area contributed by atoms with Crippen molar-refractivity contribution in [2.45, 2.75) is 32.0 Å². The Morgan fingerprint density at radius 1 is 1.15 bits per heavy atom. The van der Waals surface area contributed by atoms with Crippen molar-refractivity contribution in [3.63, 3.8) is 0 Å². The number of nitrogens with one attached hydrogen (secondary N) is 1. The van der Waals surface area contributed by atoms with E-state index in [-0.39, 0.29) is 23.9 Å². The summed E-state index contributed by atoms with van der Waals surface area (Å²) in [5.74, 6) is 1.27. The molecule has 2 nitrogen and oxygen atoms in total. The van der Waals surface area contributed by atoms with Gasteiger partial charge in [-0.1, -0.05) is 18.2 Å². The van der Waals surface area contributed by atoms with Gasteiger partial charge < -0.3 is 5.32 Å². The summed E-state index contributed by atoms with van der Waals surface area (Å²) >= 11 is 0. The highest BCUT2D eigenvalue weighted by Gasteiger charge is 2.47. The number of amides is 1. The predicted molar refractivity (Wildman–Crippen MR) is 67.6 cm³/mol. The molecule has 0 radical (unpaired) electrons. The summed E-state index contributed by atoms with van der Waals surface area (Å²) in [5.41, 5.74) is -0.550. The molecule has 0 heterocycles. The molecule has 1 N–H and O–H groups in total. The van der Waals surface area contributed by atoms with E-state index in [0.29, 0.717) is 11.8 Å². The second kappa shape index (κ2) is 4.79. The van der Waals surface area contributed by atoms with Gasteiger partial charge in [-0.15, -0.1) is 0 Å². The number of fused-ring (bicyclic) bond motifs is 1. The standard InChI is InChI=1S/C15H16F3NO/c16-15(17,18)13-4-2-1-3-9(13)8-19-14(20)12-6-10-5-11(10)7-12/h1-4,10-12H,5-8H2,(H,19,20). The molecule has 0 spiro atoms. The quantitative estimate of drug-likeness (QED) is 0.905. The highest BCUT2D eigenvalue weighted by Crippen LogP contribution is 2.54. The smallest absolute Gasteiger partial charge is 0.352 e. The van der Waals surface area contributed by atoms with Gasteiger partial charge in [-0.3, -0.25) is 4.79 Å². The Labute approximate surface area is 115 Å². The zero-order valence-corrected chi connectivity index (χ0v) is 10.9. The topological polar surface area (TPSA) is 29.1 Å². The third-order valence-electron chi connectivity index (χ3n) is 4.39. The van der Waals surface area contributed by atoms with Crippen LogP contribution in [0.25, 0.3) is 0 Å². The zero-order valence-electron chi connectivity index (χ0n) is 10.9. The first-order chi connectivity index (χ1) is 9.45. The Morgan fingerprint density at radius 2 is 1.80 bits per heavy atom. The van der Waals surface area contributed by atoms with E-state index in [0.717, 1.165) is 18.9 Å². The number of rotatable bonds is 3. The highest BCUT2D eigenvalue weighted by atomic mass is 19.4. The Hall–Kier alpha value is -1.52. The van der Waals surface area contributed by atoms with Gasteiger partial charge in [0, 0.05) is 12.5 Å². The molecule has 1 aromatic carbocycles. The molecule has 2 aliphatic rings. The lowest BCUT2D eigenvalue weighted by Crippen LogP contribution is -2.30. The van der Waals surface area contributed by atoms with Crippen molar-refractivity contribution in [3.8, 4) is 0 Å². The summed E-state index contributed by atoms with van der Waals surface area (Å²) in [5, 5.41) is 2.66. The molecule has 108 valence electrons. The van der Waals surface area contributed by atoms with E-state index in [9.17, 15) is 18.0 Å². The van der Waals surface area contributed by atoms with Crippen molar-refractivity contribution in [2.24, 2.45) is 17.8 Å². The maximum atomic E-state index is 12.8. The monoisotopic (exact) mass is 283 g/mol. The molecule has 20 heavy (non-hydrogen) atoms. The minimum Gasteiger partial charge on any atom is -0.352 e. The van der Waals surface area contributed by atoms with Crippen molar-refractivity contribution < 1.29 is 18.0 Å². The van der Waals surface area contributed by atoms with Crippen LogP contribution in [0.2, 0.25) is 0 Å². The van der Waals surface area contributed by atoms with Crippen LogP contribution < -0.4 is 5.32 Å². The highest BCUT2D eigenvalue weighted by molar-refractivity contribution is 5.79. The van der Waals surface area contributed by atoms with E-state index in [1.807, 2.05) is 0 Å². The van der Waals surface area contributed by atoms with E-state index in [4.69, 9.17) is 0 Å². The Balaban J connectivity index is 1.62. The maximum absolute atomic E-state index is 12.8. The third kappa shape index (κ3) is 2.67. The predicted octanol–water partition coefficient (Wildman–Crippen LogP) is 3.37. The second-order valence-electron chi connectivity index (χ2n) is 5.80. The Morgan fingerprint density at radius 3 is 2.45 bits per heavy atom. The van der Waals surface area contributed by atoms with Crippen LogP contribution >= 0.6 is 0 Å². The molecule has 0 aliphatic heterocycles. The number of halogens is 3. The fraction of sp³-hybridized carbons (Fsp3) is 0.533. The van der Waals surface area contributed by atoms with Gasteiger partial charge in [0.1, 0.15) is 0 Å². The van der Waals surface area contributed by atoms with Crippen LogP contribution in [0.3, 0.4) is 0 Å². The molecule has 2 fully saturated rings. The number of alkyl halides is 3. The molecule has 0 aromatic heterocycles. The van der Waals surface area contributed by atoms with Crippen LogP contribution in [0.15, 0.2) is 24.3 Å². The lowest BCUT2D eigenvalue weighted by Gasteiger charge is -2.15. The van der Waals surface area contributed by atoms with Gasteiger partial charge in [0.25, 0.3) is 0 Å². The van der Waals surface area contributed by atoms with Gasteiger partial charge in [-0.05, 0) is 42.7 Å². The normalized spacial score (nSPS) is 28.1. The van der Waals surface area contributed by atoms with E-state index in [1.54, 1.807) is 6.07 Å². The average Bonchev–Trinajstić information content (AvgIpc) is 3.02. The lowest BCUT2D eigenvalue weighted by atomic mass is 10.0. The molecule has 0 saturated heterocycles. The van der Waals surface area contributed by atoms with Crippen molar-refractivity contribution in [1.82, 2.24) is 5.32 Å². The largest absolute Gasteiger partial charge is 0.416 e. The zero-order chi connectivity index (χ0) is 14.3. The Bertz CT molecular complexity index is 516. The van der Waals surface area contributed by atoms with E-state index >= 15 is 0 Å². The van der Waals surface area contributed by atoms with Gasteiger partial charge in [0.15, 0.2) is 0 Å². The molecule has 5 heteroatoms. The van der Waals surface area contributed by atoms with Crippen molar-refractivity contribution in [3.05, 3.63) is 35.4 Å². The van der Waals surface area contributed by atoms with Crippen molar-refractivity contribution >= 4 is 5.91 Å². The Kier molecular flexibility index (Phi) is 3.22. The van der Waals surface area contributed by atoms with E-state index < -0.39 is 11.7 Å². The van der Waals surface area contributed by atoms with Gasteiger partial charge in [-0.2, -0.15) is 13.2 Å². The van der Waals surface area contributed by atoms with Gasteiger partial charge in [0.05, 0.1) is 5.56 Å². The number of benzene rings is 1. The number of carbonyl (C=O) groups excluding carboxylic acids is 1. The summed E-state index contributed by atoms with van der Waals surface area (Å²) in [4.78, 5) is 12.0. The average molecular weight is 283 g/mol. The van der Waals surface area contributed by atoms with Crippen LogP contribution in [0.5, 0.6) is 0 Å². The minimum atomic E-state index is -4.38. The maximum Gasteiger partial charge on any atom is 0.416 e. The van der Waals surface area contributed by atoms with Crippen LogP contribution in [0, 0.1) is 17.8 Å². The van der Waals surface area contributed by atoms with Crippen LogP contribution in [0.4, 0.5) is 13.2 Å². The molecular formula is C15H16F3NO. The molecule has 2 saturated carbocycles. The van der Waals surface area contributed by atoms with Gasteiger partial charge in [-0.25, -0.2) is 0 Å². The molecule has 2 atom stereocenters. The fourth-order valence-corrected chi connectivity index (χ4v) is 3.21. The first kappa shape index (κ1) is 13.5. The lowest BCUT2D eigenvalue weighted by molar-refractivity contribution is -0.138. The molecule has 1 amide bonds. The van der Waals surface area contributed by atoms with Crippen molar-refractivity contribution in [2.75, 3.05) is 0 Å². The summed E-state index contributed by atoms with van der Waals surface area (Å²) in [6, 6.07) is 5.38. The van der Waals surface area contributed by atoms with Gasteiger partial charge in [0.2, 0.25) is 5.91 Å². The molecule has 1 aromatic rings. The number of carbonyl (C=O) groups is 1. The molecule has 2 unspecified atom stereocenters. The summed E-state index contributed by atoms with van der Waals surface area (Å²) in [6.07, 6.45) is -1.36. The first-order valence-electron chi connectivity index (χ1n) is 6.88. The third-order valence-corrected chi connectivity index (χ3v) is 4.39. The summed E-state index contributed by atoms with van der Waals surface area (Å²) < 4.78 is 38.5. The molecular weight excluding hydrogens is 267 g/mol. The second-order valence-corrected chi connectivity index (χ2v) is 5.80. The molecule has 2 aliphatic carbocycles. The van der Waals surface area contributed by atoms with Crippen LogP contribution in [-0.2, 0) is 17.5 Å². The number of hydrogen-bond donors (Lipinski definition) is 1. The van der Waals surface area contributed by atoms with Crippen LogP contribution in [0.1, 0.15) is 30.4 Å². The number of hydrogen-bond acceptors (Lipinski definition) is 1. The fourth-order valence-electron chi connectivity index (χ4n) is 3.21. The first-order valence-corrected chi connectivity index (χ1v) is 6.88. The van der Waals surface area contributed by atoms with E-state index in [2.05, 4.69) is 5.32 Å².